The van der Waals surface area contributed by atoms with Crippen molar-refractivity contribution in [2.75, 3.05) is 0 Å². The van der Waals surface area contributed by atoms with E-state index in [1.54, 1.807) is 77.0 Å². The molecular formula is C21H38BrPPd. The van der Waals surface area contributed by atoms with Crippen LogP contribution in [0.5, 0.6) is 0 Å². The van der Waals surface area contributed by atoms with Crippen LogP contribution >= 0.6 is 21.4 Å². The molecule has 0 bridgehead atoms. The zero-order valence-electron chi connectivity index (χ0n) is 15.5. The molecule has 3 heteroatoms. The number of allylic oxidation sites excluding steroid dienone is 1. The summed E-state index contributed by atoms with van der Waals surface area (Å²) in [5, 5.41) is 0. The van der Waals surface area contributed by atoms with Crippen LogP contribution < -0.4 is 0 Å². The molecule has 3 aliphatic rings. The second-order valence-electron chi connectivity index (χ2n) is 7.83. The molecular weight excluding hydrogens is 470 g/mol. The van der Waals surface area contributed by atoms with Crippen molar-refractivity contribution < 1.29 is 16.0 Å². The second kappa shape index (κ2) is 13.5. The first-order valence-corrected chi connectivity index (χ1v) is 16.6. The Balaban J connectivity index is 0.000000368. The summed E-state index contributed by atoms with van der Waals surface area (Å²) < 4.78 is 0. The molecule has 0 aliphatic heterocycles. The molecule has 3 rings (SSSR count). The molecule has 3 fully saturated rings. The molecule has 0 nitrogen and oxygen atoms in total. The topological polar surface area (TPSA) is 0 Å². The Kier molecular flexibility index (Phi) is 12.1. The van der Waals surface area contributed by atoms with E-state index in [-0.39, 0.29) is 0 Å². The second-order valence-corrected chi connectivity index (χ2v) is 14.1. The molecule has 3 aliphatic carbocycles. The predicted octanol–water partition coefficient (Wildman–Crippen LogP) is 8.45. The van der Waals surface area contributed by atoms with Gasteiger partial charge in [-0.15, -0.1) is 0 Å². The predicted molar refractivity (Wildman–Crippen MR) is 111 cm³/mol. The molecule has 0 radical (unpaired) electrons. The van der Waals surface area contributed by atoms with Gasteiger partial charge in [0, 0.05) is 0 Å². The third kappa shape index (κ3) is 7.51. The summed E-state index contributed by atoms with van der Waals surface area (Å²) >= 11 is 3.99. The summed E-state index contributed by atoms with van der Waals surface area (Å²) in [7, 11) is 0.385. The molecule has 24 heavy (non-hydrogen) atoms. The Bertz CT molecular complexity index is 275. The van der Waals surface area contributed by atoms with Gasteiger partial charge in [-0.25, -0.2) is 0 Å². The van der Waals surface area contributed by atoms with Crippen LogP contribution in [0.25, 0.3) is 0 Å². The quantitative estimate of drug-likeness (QED) is 0.199. The third-order valence-electron chi connectivity index (χ3n) is 6.13. The Labute approximate surface area is 167 Å². The van der Waals surface area contributed by atoms with Crippen LogP contribution in [0.3, 0.4) is 0 Å². The van der Waals surface area contributed by atoms with Crippen LogP contribution in [0, 0.1) is 0 Å². The van der Waals surface area contributed by atoms with Crippen LogP contribution in [0.1, 0.15) is 96.3 Å². The minimum atomic E-state index is 0.385. The summed E-state index contributed by atoms with van der Waals surface area (Å²) in [4.78, 5) is 1.12. The Morgan fingerprint density at radius 1 is 0.708 bits per heavy atom. The van der Waals surface area contributed by atoms with E-state index in [9.17, 15) is 0 Å². The average Bonchev–Trinajstić information content (AvgIpc) is 2.66. The molecule has 0 N–H and O–H groups in total. The van der Waals surface area contributed by atoms with Crippen molar-refractivity contribution in [2.45, 2.75) is 118 Å². The molecule has 0 atom stereocenters. The van der Waals surface area contributed by atoms with E-state index >= 15 is 0 Å². The van der Waals surface area contributed by atoms with Gasteiger partial charge in [0.1, 0.15) is 0 Å². The van der Waals surface area contributed by atoms with Gasteiger partial charge in [-0.05, 0) is 55.5 Å². The van der Waals surface area contributed by atoms with Crippen molar-refractivity contribution in [2.24, 2.45) is 0 Å². The Hall–Kier alpha value is 1.31. The fourth-order valence-electron chi connectivity index (χ4n) is 5.07. The molecule has 144 valence electrons. The van der Waals surface area contributed by atoms with E-state index in [0.717, 1.165) is 4.89 Å². The molecule has 0 aromatic heterocycles. The monoisotopic (exact) mass is 506 g/mol. The van der Waals surface area contributed by atoms with E-state index in [2.05, 4.69) is 20.0 Å². The van der Waals surface area contributed by atoms with Crippen molar-refractivity contribution in [1.29, 1.82) is 0 Å². The molecule has 0 aromatic rings. The van der Waals surface area contributed by atoms with Gasteiger partial charge in [-0.3, -0.25) is 0 Å². The Morgan fingerprint density at radius 2 is 1.04 bits per heavy atom. The summed E-state index contributed by atoms with van der Waals surface area (Å²) in [5.41, 5.74) is 3.57. The third-order valence-corrected chi connectivity index (χ3v) is 12.1. The number of hydrogen-bond donors (Lipinski definition) is 0. The van der Waals surface area contributed by atoms with Gasteiger partial charge in [0.15, 0.2) is 0 Å². The molecule has 0 unspecified atom stereocenters. The van der Waals surface area contributed by atoms with Gasteiger partial charge in [0.05, 0.1) is 0 Å². The zero-order valence-corrected chi connectivity index (χ0v) is 19.5. The van der Waals surface area contributed by atoms with E-state index < -0.39 is 0 Å². The fourth-order valence-corrected chi connectivity index (χ4v) is 10.8. The molecule has 0 amide bonds. The van der Waals surface area contributed by atoms with E-state index in [0.29, 0.717) is 23.9 Å². The minimum absolute atomic E-state index is 0.385. The van der Waals surface area contributed by atoms with E-state index in [4.69, 9.17) is 0 Å². The van der Waals surface area contributed by atoms with E-state index in [1.165, 1.54) is 36.2 Å². The van der Waals surface area contributed by atoms with Gasteiger partial charge in [0.2, 0.25) is 0 Å². The van der Waals surface area contributed by atoms with Crippen molar-refractivity contribution in [1.82, 2.24) is 0 Å². The molecule has 0 heterocycles. The van der Waals surface area contributed by atoms with Crippen molar-refractivity contribution >= 4 is 21.4 Å². The fraction of sp³-hybridized carbons (Fsp3) is 0.905. The molecule has 0 aromatic carbocycles. The number of halogens is 1. The van der Waals surface area contributed by atoms with Gasteiger partial charge in [-0.1, -0.05) is 65.7 Å². The van der Waals surface area contributed by atoms with Gasteiger partial charge >= 0.3 is 46.9 Å². The first-order valence-electron chi connectivity index (χ1n) is 10.4. The summed E-state index contributed by atoms with van der Waals surface area (Å²) in [5.74, 6) is 0. The average molecular weight is 508 g/mol. The van der Waals surface area contributed by atoms with Crippen LogP contribution in [-0.4, -0.2) is 17.0 Å². The molecule has 3 saturated carbocycles. The van der Waals surface area contributed by atoms with Crippen LogP contribution in [0.2, 0.25) is 4.89 Å². The number of hydrogen-bond acceptors (Lipinski definition) is 0. The summed E-state index contributed by atoms with van der Waals surface area (Å²) in [6, 6.07) is 0. The SMILES string of the molecule is C1CCC(P(C2CCCCC2)C2CCCCC2)CC1.C=C[CH2][Pd][Br]. The summed E-state index contributed by atoms with van der Waals surface area (Å²) in [6.45, 7) is 3.53. The molecule has 0 saturated heterocycles. The van der Waals surface area contributed by atoms with Gasteiger partial charge in [0.25, 0.3) is 0 Å². The zero-order chi connectivity index (χ0) is 17.0. The maximum absolute atomic E-state index is 3.53. The van der Waals surface area contributed by atoms with E-state index in [1.807, 2.05) is 6.08 Å². The van der Waals surface area contributed by atoms with Crippen LogP contribution in [0.4, 0.5) is 0 Å². The van der Waals surface area contributed by atoms with Crippen molar-refractivity contribution in [3.8, 4) is 0 Å². The first-order chi connectivity index (χ1) is 11.9. The van der Waals surface area contributed by atoms with Gasteiger partial charge in [-0.2, -0.15) is 0 Å². The Morgan fingerprint density at radius 3 is 1.25 bits per heavy atom. The van der Waals surface area contributed by atoms with Crippen LogP contribution in [0.15, 0.2) is 12.7 Å². The maximum atomic E-state index is 3.53. The standard InChI is InChI=1S/C18H33P.C3H5.BrH.Pd/c1-4-10-16(11-5-1)19(17-12-6-2-7-13-17)18-14-8-3-9-15-18;1-3-2;;/h16-18H,1-15H2;3H,1-2H2;1H;/q;;;+1/p-1. The molecule has 0 spiro atoms. The number of rotatable bonds is 5. The van der Waals surface area contributed by atoms with Crippen LogP contribution in [-0.2, 0) is 16.0 Å². The van der Waals surface area contributed by atoms with Gasteiger partial charge < -0.3 is 0 Å². The first kappa shape index (κ1) is 21.6. The van der Waals surface area contributed by atoms with Crippen molar-refractivity contribution in [3.63, 3.8) is 0 Å². The summed E-state index contributed by atoms with van der Waals surface area (Å²) in [6.07, 6.45) is 25.5. The normalized spacial score (nSPS) is 24.6. The van der Waals surface area contributed by atoms with Crippen molar-refractivity contribution in [3.05, 3.63) is 12.7 Å².